The number of carboxylic acids is 1. The molecule has 0 atom stereocenters. The summed E-state index contributed by atoms with van der Waals surface area (Å²) in [7, 11) is -3.60. The van der Waals surface area contributed by atoms with Crippen LogP contribution in [0.3, 0.4) is 0 Å². The van der Waals surface area contributed by atoms with Crippen LogP contribution in [0, 0.1) is 5.41 Å². The van der Waals surface area contributed by atoms with Gasteiger partial charge in [0.2, 0.25) is 10.0 Å². The molecule has 0 spiro atoms. The lowest BCUT2D eigenvalue weighted by atomic mass is 10.1. The van der Waals surface area contributed by atoms with Crippen molar-refractivity contribution in [1.29, 1.82) is 0 Å². The summed E-state index contributed by atoms with van der Waals surface area (Å²) in [5.41, 5.74) is -0.887. The fraction of sp³-hybridized carbons (Fsp3) is 0.364. The largest absolute Gasteiger partial charge is 0.481 e. The summed E-state index contributed by atoms with van der Waals surface area (Å²) in [5, 5.41) is 8.94. The van der Waals surface area contributed by atoms with Gasteiger partial charge in [-0.3, -0.25) is 4.79 Å². The first-order valence-corrected chi connectivity index (χ1v) is 6.73. The van der Waals surface area contributed by atoms with Crippen LogP contribution < -0.4 is 4.72 Å². The van der Waals surface area contributed by atoms with Crippen LogP contribution in [0.4, 0.5) is 0 Å². The molecule has 1 aromatic rings. The first kappa shape index (κ1) is 12.1. The molecule has 0 aliphatic heterocycles. The second-order valence-corrected chi connectivity index (χ2v) is 5.99. The Hall–Kier alpha value is -1.40. The highest BCUT2D eigenvalue weighted by molar-refractivity contribution is 7.89. The van der Waals surface area contributed by atoms with Crippen molar-refractivity contribution in [2.75, 3.05) is 6.54 Å². The van der Waals surface area contributed by atoms with Crippen molar-refractivity contribution < 1.29 is 18.3 Å². The van der Waals surface area contributed by atoms with Crippen LogP contribution in [-0.4, -0.2) is 26.0 Å². The molecule has 1 aliphatic rings. The number of aliphatic carboxylic acids is 1. The number of benzene rings is 1. The van der Waals surface area contributed by atoms with E-state index in [1.165, 1.54) is 12.1 Å². The molecule has 0 radical (unpaired) electrons. The first-order valence-electron chi connectivity index (χ1n) is 5.24. The Labute approximate surface area is 99.5 Å². The van der Waals surface area contributed by atoms with Crippen molar-refractivity contribution in [2.24, 2.45) is 5.41 Å². The van der Waals surface area contributed by atoms with Crippen LogP contribution in [0.1, 0.15) is 12.8 Å². The van der Waals surface area contributed by atoms with E-state index in [0.717, 1.165) is 0 Å². The maximum Gasteiger partial charge on any atom is 0.310 e. The zero-order valence-corrected chi connectivity index (χ0v) is 9.90. The van der Waals surface area contributed by atoms with Gasteiger partial charge in [-0.15, -0.1) is 0 Å². The fourth-order valence-corrected chi connectivity index (χ4v) is 2.68. The Balaban J connectivity index is 2.07. The molecule has 1 aromatic carbocycles. The molecule has 0 unspecified atom stereocenters. The molecule has 1 fully saturated rings. The zero-order chi connectivity index (χ0) is 12.5. The lowest BCUT2D eigenvalue weighted by Gasteiger charge is -2.11. The minimum Gasteiger partial charge on any atom is -0.481 e. The normalized spacial score (nSPS) is 17.6. The standard InChI is InChI=1S/C11H13NO4S/c13-10(14)11(6-7-11)8-12-17(15,16)9-4-2-1-3-5-9/h1-5,12H,6-8H2,(H,13,14). The predicted molar refractivity (Wildman–Crippen MR) is 60.9 cm³/mol. The minimum atomic E-state index is -3.60. The third kappa shape index (κ3) is 2.48. The van der Waals surface area contributed by atoms with E-state index in [0.29, 0.717) is 12.8 Å². The smallest absolute Gasteiger partial charge is 0.310 e. The third-order valence-electron chi connectivity index (χ3n) is 2.96. The van der Waals surface area contributed by atoms with Gasteiger partial charge in [0.15, 0.2) is 0 Å². The van der Waals surface area contributed by atoms with E-state index in [1.54, 1.807) is 18.2 Å². The van der Waals surface area contributed by atoms with Crippen LogP contribution in [-0.2, 0) is 14.8 Å². The summed E-state index contributed by atoms with van der Waals surface area (Å²) in [6.07, 6.45) is 1.05. The molecule has 0 bridgehead atoms. The zero-order valence-electron chi connectivity index (χ0n) is 9.09. The van der Waals surface area contributed by atoms with E-state index in [1.807, 2.05) is 0 Å². The second-order valence-electron chi connectivity index (χ2n) is 4.22. The molecular formula is C11H13NO4S. The van der Waals surface area contributed by atoms with Crippen LogP contribution in [0.5, 0.6) is 0 Å². The molecule has 1 saturated carbocycles. The molecule has 17 heavy (non-hydrogen) atoms. The summed E-state index contributed by atoms with van der Waals surface area (Å²) in [4.78, 5) is 11.1. The van der Waals surface area contributed by atoms with Gasteiger partial charge < -0.3 is 5.11 Å². The van der Waals surface area contributed by atoms with Gasteiger partial charge in [0.05, 0.1) is 10.3 Å². The highest BCUT2D eigenvalue weighted by Crippen LogP contribution is 2.45. The molecule has 6 heteroatoms. The van der Waals surface area contributed by atoms with Crippen LogP contribution >= 0.6 is 0 Å². The Bertz CT molecular complexity index is 520. The number of rotatable bonds is 5. The molecule has 92 valence electrons. The molecule has 2 rings (SSSR count). The summed E-state index contributed by atoms with van der Waals surface area (Å²) in [5.74, 6) is -0.937. The van der Waals surface area contributed by atoms with E-state index in [9.17, 15) is 13.2 Å². The number of hydrogen-bond acceptors (Lipinski definition) is 3. The number of sulfonamides is 1. The van der Waals surface area contributed by atoms with E-state index in [-0.39, 0.29) is 11.4 Å². The number of carbonyl (C=O) groups is 1. The predicted octanol–water partition coefficient (Wildman–Crippen LogP) is 0.830. The molecule has 0 heterocycles. The second kappa shape index (κ2) is 4.12. The fourth-order valence-electron chi connectivity index (χ4n) is 1.53. The lowest BCUT2D eigenvalue weighted by Crippen LogP contribution is -2.34. The minimum absolute atomic E-state index is 0.0421. The van der Waals surface area contributed by atoms with Crippen molar-refractivity contribution in [3.05, 3.63) is 30.3 Å². The van der Waals surface area contributed by atoms with E-state index < -0.39 is 21.4 Å². The van der Waals surface area contributed by atoms with Gasteiger partial charge in [-0.2, -0.15) is 0 Å². The molecule has 0 aromatic heterocycles. The van der Waals surface area contributed by atoms with E-state index >= 15 is 0 Å². The molecule has 2 N–H and O–H groups in total. The Morgan fingerprint density at radius 3 is 2.35 bits per heavy atom. The van der Waals surface area contributed by atoms with Crippen LogP contribution in [0.25, 0.3) is 0 Å². The number of carboxylic acid groups (broad SMARTS) is 1. The topological polar surface area (TPSA) is 83.5 Å². The van der Waals surface area contributed by atoms with Gasteiger partial charge in [-0.1, -0.05) is 18.2 Å². The van der Waals surface area contributed by atoms with Crippen molar-refractivity contribution >= 4 is 16.0 Å². The monoisotopic (exact) mass is 255 g/mol. The van der Waals surface area contributed by atoms with Crippen molar-refractivity contribution in [3.63, 3.8) is 0 Å². The Morgan fingerprint density at radius 2 is 1.88 bits per heavy atom. The molecule has 0 amide bonds. The van der Waals surface area contributed by atoms with Gasteiger partial charge in [0, 0.05) is 6.54 Å². The highest BCUT2D eigenvalue weighted by atomic mass is 32.2. The molecule has 0 saturated heterocycles. The summed E-state index contributed by atoms with van der Waals surface area (Å²) < 4.78 is 26.0. The van der Waals surface area contributed by atoms with Crippen LogP contribution in [0.15, 0.2) is 35.2 Å². The number of hydrogen-bond donors (Lipinski definition) is 2. The highest BCUT2D eigenvalue weighted by Gasteiger charge is 2.50. The third-order valence-corrected chi connectivity index (χ3v) is 4.38. The summed E-state index contributed by atoms with van der Waals surface area (Å²) in [6.45, 7) is -0.0421. The number of nitrogens with one attached hydrogen (secondary N) is 1. The molecular weight excluding hydrogens is 242 g/mol. The van der Waals surface area contributed by atoms with Crippen molar-refractivity contribution in [3.8, 4) is 0 Å². The van der Waals surface area contributed by atoms with Gasteiger partial charge >= 0.3 is 5.97 Å². The van der Waals surface area contributed by atoms with E-state index in [4.69, 9.17) is 5.11 Å². The SMILES string of the molecule is O=C(O)C1(CNS(=O)(=O)c2ccccc2)CC1. The Kier molecular flexibility index (Phi) is 2.92. The van der Waals surface area contributed by atoms with Gasteiger partial charge in [0.1, 0.15) is 0 Å². The van der Waals surface area contributed by atoms with Gasteiger partial charge in [-0.05, 0) is 25.0 Å². The van der Waals surface area contributed by atoms with Gasteiger partial charge in [-0.25, -0.2) is 13.1 Å². The Morgan fingerprint density at radius 1 is 1.29 bits per heavy atom. The first-order chi connectivity index (χ1) is 7.96. The molecule has 1 aliphatic carbocycles. The summed E-state index contributed by atoms with van der Waals surface area (Å²) >= 11 is 0. The average molecular weight is 255 g/mol. The molecule has 5 nitrogen and oxygen atoms in total. The lowest BCUT2D eigenvalue weighted by molar-refractivity contribution is -0.143. The maximum absolute atomic E-state index is 11.8. The summed E-state index contributed by atoms with van der Waals surface area (Å²) in [6, 6.07) is 7.92. The quantitative estimate of drug-likeness (QED) is 0.816. The van der Waals surface area contributed by atoms with Crippen LogP contribution in [0.2, 0.25) is 0 Å². The van der Waals surface area contributed by atoms with E-state index in [2.05, 4.69) is 4.72 Å². The maximum atomic E-state index is 11.8. The van der Waals surface area contributed by atoms with Gasteiger partial charge in [0.25, 0.3) is 0 Å². The van der Waals surface area contributed by atoms with Crippen molar-refractivity contribution in [2.45, 2.75) is 17.7 Å². The van der Waals surface area contributed by atoms with Crippen molar-refractivity contribution in [1.82, 2.24) is 4.72 Å². The average Bonchev–Trinajstić information content (AvgIpc) is 3.09.